The predicted octanol–water partition coefficient (Wildman–Crippen LogP) is 5.29. The standard InChI is InChI=1S/C23H21N5O/c1-14(2)13-29-19-8-4-3-6-16(19)23-27-20-15-9-11-24-12-18(15)26-22-17(21(20)28-23)7-5-10-25-22/h3-12,14H,13H2,1-2H3,(H,25,26)(H,27,28). The van der Waals surface area contributed by atoms with Crippen LogP contribution in [0.5, 0.6) is 5.75 Å². The lowest BCUT2D eigenvalue weighted by atomic mass is 10.1. The van der Waals surface area contributed by atoms with Crippen molar-refractivity contribution in [3.05, 3.63) is 61.1 Å². The number of benzene rings is 1. The fourth-order valence-electron chi connectivity index (χ4n) is 3.47. The summed E-state index contributed by atoms with van der Waals surface area (Å²) in [6, 6.07) is 13.9. The third-order valence-corrected chi connectivity index (χ3v) is 4.82. The molecule has 6 nitrogen and oxygen atoms in total. The number of hydrogen-bond donors (Lipinski definition) is 2. The number of fused-ring (bicyclic) bond motifs is 5. The van der Waals surface area contributed by atoms with Gasteiger partial charge in [0.1, 0.15) is 23.1 Å². The van der Waals surface area contributed by atoms with Crippen molar-refractivity contribution < 1.29 is 4.74 Å². The molecule has 4 heterocycles. The van der Waals surface area contributed by atoms with Gasteiger partial charge in [0.25, 0.3) is 0 Å². The zero-order valence-corrected chi connectivity index (χ0v) is 16.3. The van der Waals surface area contributed by atoms with Crippen LogP contribution in [0.4, 0.5) is 11.5 Å². The number of rotatable bonds is 4. The van der Waals surface area contributed by atoms with Gasteiger partial charge >= 0.3 is 0 Å². The Hall–Kier alpha value is -3.67. The first kappa shape index (κ1) is 17.4. The molecule has 0 aliphatic carbocycles. The molecule has 4 aromatic rings. The molecule has 5 rings (SSSR count). The Kier molecular flexibility index (Phi) is 4.24. The number of nitrogens with zero attached hydrogens (tertiary/aromatic N) is 3. The average molecular weight is 383 g/mol. The van der Waals surface area contributed by atoms with E-state index in [4.69, 9.17) is 9.72 Å². The number of aromatic nitrogens is 4. The Morgan fingerprint density at radius 1 is 0.966 bits per heavy atom. The average Bonchev–Trinajstić information content (AvgIpc) is 3.13. The zero-order valence-electron chi connectivity index (χ0n) is 16.3. The van der Waals surface area contributed by atoms with E-state index in [2.05, 4.69) is 34.1 Å². The van der Waals surface area contributed by atoms with E-state index >= 15 is 0 Å². The molecule has 0 atom stereocenters. The SMILES string of the molecule is CC(C)COc1ccccc1-c1nc2c([nH]1)-c1ccncc1Nc1ncccc1-2. The zero-order chi connectivity index (χ0) is 19.8. The lowest BCUT2D eigenvalue weighted by Crippen LogP contribution is -2.05. The summed E-state index contributed by atoms with van der Waals surface area (Å²) < 4.78 is 6.05. The van der Waals surface area contributed by atoms with Gasteiger partial charge in [0.15, 0.2) is 0 Å². The fraction of sp³-hybridized carbons (Fsp3) is 0.174. The van der Waals surface area contributed by atoms with Crippen molar-refractivity contribution in [1.29, 1.82) is 0 Å². The summed E-state index contributed by atoms with van der Waals surface area (Å²) in [5.41, 5.74) is 5.59. The third-order valence-electron chi connectivity index (χ3n) is 4.82. The molecule has 0 radical (unpaired) electrons. The highest BCUT2D eigenvalue weighted by Crippen LogP contribution is 2.43. The topological polar surface area (TPSA) is 75.7 Å². The molecule has 1 aliphatic heterocycles. The van der Waals surface area contributed by atoms with Gasteiger partial charge < -0.3 is 15.0 Å². The van der Waals surface area contributed by atoms with E-state index in [-0.39, 0.29) is 0 Å². The number of para-hydroxylation sites is 1. The Labute approximate surface area is 169 Å². The monoisotopic (exact) mass is 383 g/mol. The Morgan fingerprint density at radius 2 is 1.83 bits per heavy atom. The Morgan fingerprint density at radius 3 is 2.72 bits per heavy atom. The van der Waals surface area contributed by atoms with Gasteiger partial charge in [-0.3, -0.25) is 4.98 Å². The normalized spacial score (nSPS) is 11.8. The molecule has 0 unspecified atom stereocenters. The van der Waals surface area contributed by atoms with Crippen molar-refractivity contribution in [2.75, 3.05) is 11.9 Å². The highest BCUT2D eigenvalue weighted by Gasteiger charge is 2.24. The maximum atomic E-state index is 6.05. The summed E-state index contributed by atoms with van der Waals surface area (Å²) in [7, 11) is 0. The number of nitrogens with one attached hydrogen (secondary N) is 2. The fourth-order valence-corrected chi connectivity index (χ4v) is 3.47. The lowest BCUT2D eigenvalue weighted by Gasteiger charge is -2.12. The van der Waals surface area contributed by atoms with Crippen LogP contribution in [-0.2, 0) is 0 Å². The minimum absolute atomic E-state index is 0.444. The van der Waals surface area contributed by atoms with Gasteiger partial charge in [0, 0.05) is 23.5 Å². The summed E-state index contributed by atoms with van der Waals surface area (Å²) in [5, 5.41) is 3.38. The van der Waals surface area contributed by atoms with Crippen molar-refractivity contribution >= 4 is 11.5 Å². The minimum atomic E-state index is 0.444. The third kappa shape index (κ3) is 3.12. The van der Waals surface area contributed by atoms with E-state index in [0.29, 0.717) is 12.5 Å². The Balaban J connectivity index is 1.69. The summed E-state index contributed by atoms with van der Waals surface area (Å²) in [4.78, 5) is 17.3. The predicted molar refractivity (Wildman–Crippen MR) is 114 cm³/mol. The van der Waals surface area contributed by atoms with Crippen LogP contribution >= 0.6 is 0 Å². The van der Waals surface area contributed by atoms with Gasteiger partial charge in [-0.1, -0.05) is 26.0 Å². The molecule has 0 bridgehead atoms. The van der Waals surface area contributed by atoms with Gasteiger partial charge in [-0.15, -0.1) is 0 Å². The first-order valence-electron chi connectivity index (χ1n) is 9.69. The summed E-state index contributed by atoms with van der Waals surface area (Å²) in [5.74, 6) is 2.81. The Bertz CT molecular complexity index is 1120. The molecule has 0 saturated heterocycles. The molecule has 1 aliphatic rings. The molecule has 144 valence electrons. The molecular weight excluding hydrogens is 362 g/mol. The van der Waals surface area contributed by atoms with Gasteiger partial charge in [0.05, 0.1) is 29.7 Å². The van der Waals surface area contributed by atoms with Crippen LogP contribution in [0, 0.1) is 5.92 Å². The van der Waals surface area contributed by atoms with Crippen molar-refractivity contribution in [2.45, 2.75) is 13.8 Å². The summed E-state index contributed by atoms with van der Waals surface area (Å²) in [6.45, 7) is 4.93. The molecule has 0 fully saturated rings. The molecule has 6 heteroatoms. The van der Waals surface area contributed by atoms with Crippen LogP contribution < -0.4 is 10.1 Å². The van der Waals surface area contributed by atoms with E-state index < -0.39 is 0 Å². The second-order valence-electron chi connectivity index (χ2n) is 7.46. The number of H-pyrrole nitrogens is 1. The number of anilines is 2. The van der Waals surface area contributed by atoms with Crippen molar-refractivity contribution in [2.24, 2.45) is 5.92 Å². The van der Waals surface area contributed by atoms with Crippen LogP contribution in [0.3, 0.4) is 0 Å². The van der Waals surface area contributed by atoms with Gasteiger partial charge in [-0.2, -0.15) is 0 Å². The van der Waals surface area contributed by atoms with Crippen LogP contribution in [0.15, 0.2) is 61.1 Å². The van der Waals surface area contributed by atoms with Crippen LogP contribution in [0.1, 0.15) is 13.8 Å². The molecule has 29 heavy (non-hydrogen) atoms. The number of imidazole rings is 1. The first-order chi connectivity index (χ1) is 14.2. The van der Waals surface area contributed by atoms with E-state index in [9.17, 15) is 0 Å². The van der Waals surface area contributed by atoms with Gasteiger partial charge in [0.2, 0.25) is 0 Å². The molecule has 1 aromatic carbocycles. The highest BCUT2D eigenvalue weighted by molar-refractivity contribution is 5.95. The lowest BCUT2D eigenvalue weighted by molar-refractivity contribution is 0.272. The molecule has 0 spiro atoms. The van der Waals surface area contributed by atoms with E-state index in [1.54, 1.807) is 12.4 Å². The molecule has 0 amide bonds. The van der Waals surface area contributed by atoms with Crippen molar-refractivity contribution in [3.8, 4) is 39.7 Å². The van der Waals surface area contributed by atoms with Crippen LogP contribution in [0.25, 0.3) is 33.9 Å². The molecule has 2 N–H and O–H groups in total. The second kappa shape index (κ2) is 7.05. The maximum absolute atomic E-state index is 6.05. The smallest absolute Gasteiger partial charge is 0.142 e. The van der Waals surface area contributed by atoms with Crippen molar-refractivity contribution in [3.63, 3.8) is 0 Å². The summed E-state index contributed by atoms with van der Waals surface area (Å²) >= 11 is 0. The van der Waals surface area contributed by atoms with Crippen LogP contribution in [0.2, 0.25) is 0 Å². The number of aromatic amines is 1. The van der Waals surface area contributed by atoms with E-state index in [1.165, 1.54) is 0 Å². The quantitative estimate of drug-likeness (QED) is 0.441. The van der Waals surface area contributed by atoms with E-state index in [1.807, 2.05) is 48.7 Å². The van der Waals surface area contributed by atoms with E-state index in [0.717, 1.165) is 51.2 Å². The second-order valence-corrected chi connectivity index (χ2v) is 7.46. The van der Waals surface area contributed by atoms with Gasteiger partial charge in [-0.25, -0.2) is 9.97 Å². The first-order valence-corrected chi connectivity index (χ1v) is 9.69. The van der Waals surface area contributed by atoms with Crippen molar-refractivity contribution in [1.82, 2.24) is 19.9 Å². The largest absolute Gasteiger partial charge is 0.493 e. The molecular formula is C23H21N5O. The number of pyridine rings is 2. The minimum Gasteiger partial charge on any atom is -0.493 e. The maximum Gasteiger partial charge on any atom is 0.142 e. The molecule has 0 saturated carbocycles. The number of hydrogen-bond acceptors (Lipinski definition) is 5. The summed E-state index contributed by atoms with van der Waals surface area (Å²) in [6.07, 6.45) is 5.37. The molecule has 3 aromatic heterocycles. The highest BCUT2D eigenvalue weighted by atomic mass is 16.5. The number of ether oxygens (including phenoxy) is 1. The van der Waals surface area contributed by atoms with Gasteiger partial charge in [-0.05, 0) is 36.2 Å². The van der Waals surface area contributed by atoms with Crippen LogP contribution in [-0.4, -0.2) is 26.5 Å².